The predicted molar refractivity (Wildman–Crippen MR) is 0 cm³/mol. The molecule has 0 aliphatic carbocycles. The molecular formula is CoMnTiZn. The largest absolute Gasteiger partial charge is 0 e. The molecule has 0 nitrogen and oxygen atoms in total. The topological polar surface area (TPSA) is 0 Å². The van der Waals surface area contributed by atoms with Gasteiger partial charge in [0.05, 0.1) is 0 Å². The van der Waals surface area contributed by atoms with Crippen LogP contribution in [0.4, 0.5) is 0 Å². The van der Waals surface area contributed by atoms with E-state index in [0.29, 0.717) is 0 Å². The van der Waals surface area contributed by atoms with Crippen molar-refractivity contribution in [2.45, 2.75) is 0 Å². The van der Waals surface area contributed by atoms with Crippen molar-refractivity contribution in [2.24, 2.45) is 0 Å². The fraction of sp³-hybridized carbons (Fsp3) is 0. The molecular weight excluding hydrogens is 227 g/mol. The summed E-state index contributed by atoms with van der Waals surface area (Å²) in [7, 11) is 0. The second-order valence-electron chi connectivity index (χ2n) is 0. The Balaban J connectivity index is 0. The first-order valence-electron chi connectivity index (χ1n) is 0. The van der Waals surface area contributed by atoms with Gasteiger partial charge in [-0.15, -0.1) is 0 Å². The van der Waals surface area contributed by atoms with E-state index in [4.69, 9.17) is 0 Å². The van der Waals surface area contributed by atoms with Crippen molar-refractivity contribution in [3.8, 4) is 0 Å². The third-order valence-corrected chi connectivity index (χ3v) is 0. The van der Waals surface area contributed by atoms with E-state index in [0.717, 1.165) is 0 Å². The fourth-order valence-electron chi connectivity index (χ4n) is 0. The minimum atomic E-state index is 0. The van der Waals surface area contributed by atoms with Gasteiger partial charge in [0.15, 0.2) is 0 Å². The Morgan fingerprint density at radius 3 is 1.00 bits per heavy atom. The number of rotatable bonds is 0. The van der Waals surface area contributed by atoms with Crippen molar-refractivity contribution >= 4 is 0 Å². The first-order chi connectivity index (χ1) is 0. The molecule has 0 aliphatic rings. The average Bonchev–Trinajstić information content (AvgIpc) is 0. The SMILES string of the molecule is [Co].[Mn].[Ti].[Zn]. The summed E-state index contributed by atoms with van der Waals surface area (Å²) >= 11 is 0. The number of hydrogen-bond donors (Lipinski definition) is 0. The van der Waals surface area contributed by atoms with E-state index < -0.39 is 0 Å². The van der Waals surface area contributed by atoms with Crippen molar-refractivity contribution in [1.82, 2.24) is 0 Å². The van der Waals surface area contributed by atoms with Crippen LogP contribution in [0.15, 0.2) is 0 Å². The Morgan fingerprint density at radius 2 is 1.00 bits per heavy atom. The van der Waals surface area contributed by atoms with Crippen LogP contribution in [-0.4, -0.2) is 0 Å². The zero-order valence-electron chi connectivity index (χ0n) is 1.92. The molecule has 0 spiro atoms. The van der Waals surface area contributed by atoms with E-state index >= 15 is 0 Å². The average molecular weight is 227 g/mol. The summed E-state index contributed by atoms with van der Waals surface area (Å²) in [6.45, 7) is 0. The molecule has 0 aromatic rings. The van der Waals surface area contributed by atoms with Gasteiger partial charge in [-0.1, -0.05) is 0 Å². The molecule has 0 rings (SSSR count). The van der Waals surface area contributed by atoms with Gasteiger partial charge in [0.1, 0.15) is 0 Å². The molecule has 22 valence electrons. The molecule has 0 amide bonds. The predicted octanol–water partition coefficient (Wildman–Crippen LogP) is -0.0100. The van der Waals surface area contributed by atoms with Crippen LogP contribution in [-0.2, 0) is 75.0 Å². The van der Waals surface area contributed by atoms with Crippen LogP contribution in [0, 0.1) is 0 Å². The van der Waals surface area contributed by atoms with Gasteiger partial charge in [0, 0.05) is 75.0 Å². The molecule has 0 saturated carbocycles. The van der Waals surface area contributed by atoms with Gasteiger partial charge in [0.2, 0.25) is 0 Å². The minimum Gasteiger partial charge on any atom is 0 e. The van der Waals surface area contributed by atoms with Crippen molar-refractivity contribution in [3.05, 3.63) is 0 Å². The molecule has 0 unspecified atom stereocenters. The quantitative estimate of drug-likeness (QED) is 0.511. The summed E-state index contributed by atoms with van der Waals surface area (Å²) in [4.78, 5) is 0. The van der Waals surface area contributed by atoms with E-state index in [-0.39, 0.29) is 75.0 Å². The zero-order chi connectivity index (χ0) is 0. The molecule has 0 saturated heterocycles. The van der Waals surface area contributed by atoms with Crippen LogP contribution >= 0.6 is 0 Å². The standard InChI is InChI=1S/Co.Mn.Ti.Zn. The van der Waals surface area contributed by atoms with Crippen molar-refractivity contribution in [2.75, 3.05) is 0 Å². The Morgan fingerprint density at radius 1 is 1.00 bits per heavy atom. The van der Waals surface area contributed by atoms with E-state index in [1.807, 2.05) is 0 Å². The van der Waals surface area contributed by atoms with Gasteiger partial charge < -0.3 is 0 Å². The zero-order valence-corrected chi connectivity index (χ0v) is 8.67. The Bertz CT molecular complexity index is 8.00. The van der Waals surface area contributed by atoms with Crippen molar-refractivity contribution in [3.63, 3.8) is 0 Å². The molecule has 0 fully saturated rings. The molecule has 0 aromatic carbocycles. The van der Waals surface area contributed by atoms with E-state index in [9.17, 15) is 0 Å². The van der Waals surface area contributed by atoms with Crippen LogP contribution in [0.3, 0.4) is 0 Å². The second kappa shape index (κ2) is 18.3. The normalized spacial score (nSPS) is 0. The summed E-state index contributed by atoms with van der Waals surface area (Å²) in [5, 5.41) is 0. The van der Waals surface area contributed by atoms with Gasteiger partial charge in [-0.3, -0.25) is 0 Å². The summed E-state index contributed by atoms with van der Waals surface area (Å²) in [5.41, 5.74) is 0. The molecule has 4 heteroatoms. The Kier molecular flexibility index (Phi) is 150. The fourth-order valence-corrected chi connectivity index (χ4v) is 0. The number of hydrogen-bond acceptors (Lipinski definition) is 0. The molecule has 0 bridgehead atoms. The third-order valence-electron chi connectivity index (χ3n) is 0. The van der Waals surface area contributed by atoms with Gasteiger partial charge >= 0.3 is 0 Å². The second-order valence-corrected chi connectivity index (χ2v) is 0. The van der Waals surface area contributed by atoms with Gasteiger partial charge in [-0.25, -0.2) is 0 Å². The molecule has 4 heavy (non-hydrogen) atoms. The summed E-state index contributed by atoms with van der Waals surface area (Å²) in [6.07, 6.45) is 0. The monoisotopic (exact) mass is 226 g/mol. The molecule has 0 aromatic heterocycles. The molecule has 0 aliphatic heterocycles. The molecule has 0 heterocycles. The van der Waals surface area contributed by atoms with Crippen LogP contribution < -0.4 is 0 Å². The maximum absolute atomic E-state index is 0. The van der Waals surface area contributed by atoms with Crippen LogP contribution in [0.5, 0.6) is 0 Å². The first kappa shape index (κ1) is 32.8. The Hall–Kier alpha value is 2.36. The van der Waals surface area contributed by atoms with Gasteiger partial charge in [0.25, 0.3) is 0 Å². The minimum absolute atomic E-state index is 0. The van der Waals surface area contributed by atoms with E-state index in [2.05, 4.69) is 0 Å². The molecule has 2 radical (unpaired) electrons. The molecule has 0 atom stereocenters. The van der Waals surface area contributed by atoms with Crippen LogP contribution in [0.1, 0.15) is 0 Å². The van der Waals surface area contributed by atoms with E-state index in [1.165, 1.54) is 0 Å². The Labute approximate surface area is 74.2 Å². The smallest absolute Gasteiger partial charge is 0 e. The molecule has 0 N–H and O–H groups in total. The third kappa shape index (κ3) is 8.84. The van der Waals surface area contributed by atoms with Crippen molar-refractivity contribution < 1.29 is 75.0 Å². The first-order valence-corrected chi connectivity index (χ1v) is 0. The maximum Gasteiger partial charge on any atom is 0 e. The van der Waals surface area contributed by atoms with Crippen LogP contribution in [0.2, 0.25) is 0 Å². The maximum atomic E-state index is 0. The van der Waals surface area contributed by atoms with E-state index in [1.54, 1.807) is 0 Å². The summed E-state index contributed by atoms with van der Waals surface area (Å²) < 4.78 is 0. The van der Waals surface area contributed by atoms with Crippen molar-refractivity contribution in [1.29, 1.82) is 0 Å². The van der Waals surface area contributed by atoms with Gasteiger partial charge in [-0.2, -0.15) is 0 Å². The summed E-state index contributed by atoms with van der Waals surface area (Å²) in [5.74, 6) is 0. The summed E-state index contributed by atoms with van der Waals surface area (Å²) in [6, 6.07) is 0. The van der Waals surface area contributed by atoms with Gasteiger partial charge in [-0.05, 0) is 0 Å². The van der Waals surface area contributed by atoms with Crippen LogP contribution in [0.25, 0.3) is 0 Å².